The number of carbonyl (C=O) groups excluding carboxylic acids is 2. The van der Waals surface area contributed by atoms with Crippen LogP contribution in [0, 0.1) is 6.92 Å². The van der Waals surface area contributed by atoms with Gasteiger partial charge in [-0.05, 0) is 32.0 Å². The summed E-state index contributed by atoms with van der Waals surface area (Å²) in [5, 5.41) is 1.73. The maximum atomic E-state index is 12.9. The summed E-state index contributed by atoms with van der Waals surface area (Å²) >= 11 is 0. The van der Waals surface area contributed by atoms with Crippen LogP contribution in [0.1, 0.15) is 34.8 Å². The fraction of sp³-hybridized carbons (Fsp3) is 0.182. The Kier molecular flexibility index (Phi) is 4.07. The van der Waals surface area contributed by atoms with E-state index in [9.17, 15) is 9.59 Å². The second-order valence-electron chi connectivity index (χ2n) is 6.78. The number of aryl methyl sites for hydroxylation is 1. The van der Waals surface area contributed by atoms with Gasteiger partial charge < -0.3 is 14.3 Å². The third kappa shape index (κ3) is 2.81. The van der Waals surface area contributed by atoms with Crippen molar-refractivity contribution in [3.05, 3.63) is 71.6 Å². The molecule has 136 valence electrons. The van der Waals surface area contributed by atoms with Gasteiger partial charge in [0.05, 0.1) is 11.6 Å². The van der Waals surface area contributed by atoms with Gasteiger partial charge in [-0.3, -0.25) is 9.59 Å². The van der Waals surface area contributed by atoms with Crippen molar-refractivity contribution in [1.29, 1.82) is 0 Å². The van der Waals surface area contributed by atoms with Crippen LogP contribution in [0.25, 0.3) is 21.9 Å². The quantitative estimate of drug-likeness (QED) is 0.426. The monoisotopic (exact) mass is 360 g/mol. The summed E-state index contributed by atoms with van der Waals surface area (Å²) in [5.74, 6) is -0.429. The van der Waals surface area contributed by atoms with E-state index in [0.717, 1.165) is 21.9 Å². The number of ketones is 1. The number of para-hydroxylation sites is 2. The summed E-state index contributed by atoms with van der Waals surface area (Å²) in [4.78, 5) is 30.4. The molecule has 5 nitrogen and oxygen atoms in total. The predicted molar refractivity (Wildman–Crippen MR) is 105 cm³/mol. The molecule has 0 aliphatic carbocycles. The molecule has 2 heterocycles. The lowest BCUT2D eigenvalue weighted by atomic mass is 10.0. The van der Waals surface area contributed by atoms with Crippen molar-refractivity contribution in [2.75, 3.05) is 7.05 Å². The second kappa shape index (κ2) is 6.43. The molecule has 0 fully saturated rings. The number of carbonyl (C=O) groups is 2. The van der Waals surface area contributed by atoms with Crippen molar-refractivity contribution in [3.63, 3.8) is 0 Å². The van der Waals surface area contributed by atoms with Gasteiger partial charge in [-0.25, -0.2) is 0 Å². The second-order valence-corrected chi connectivity index (χ2v) is 6.78. The smallest absolute Gasteiger partial charge is 0.295 e. The molecule has 1 amide bonds. The predicted octanol–water partition coefficient (Wildman–Crippen LogP) is 4.62. The van der Waals surface area contributed by atoms with Crippen molar-refractivity contribution >= 4 is 33.6 Å². The van der Waals surface area contributed by atoms with E-state index in [2.05, 4.69) is 4.98 Å². The molecule has 1 atom stereocenters. The van der Waals surface area contributed by atoms with Gasteiger partial charge in [0.15, 0.2) is 0 Å². The summed E-state index contributed by atoms with van der Waals surface area (Å²) in [5.41, 5.74) is 2.73. The Morgan fingerprint density at radius 1 is 1.07 bits per heavy atom. The largest absolute Gasteiger partial charge is 0.459 e. The molecule has 0 aliphatic heterocycles. The lowest BCUT2D eigenvalue weighted by Crippen LogP contribution is -2.35. The van der Waals surface area contributed by atoms with E-state index in [4.69, 9.17) is 4.42 Å². The molecule has 2 aromatic heterocycles. The number of hydrogen-bond donors (Lipinski definition) is 1. The SMILES string of the molecule is Cc1[nH]c2ccccc2c1C(=O)C(=O)N(C)C(C)c1cc2ccccc2o1. The number of Topliss-reactive ketones (excluding diaryl/α,β-unsaturated/α-hetero) is 1. The lowest BCUT2D eigenvalue weighted by Gasteiger charge is -2.22. The van der Waals surface area contributed by atoms with Crippen molar-refractivity contribution in [1.82, 2.24) is 9.88 Å². The van der Waals surface area contributed by atoms with Gasteiger partial charge in [0.25, 0.3) is 11.7 Å². The van der Waals surface area contributed by atoms with E-state index < -0.39 is 11.7 Å². The zero-order chi connectivity index (χ0) is 19.1. The average Bonchev–Trinajstić information content (AvgIpc) is 3.25. The highest BCUT2D eigenvalue weighted by Gasteiger charge is 2.29. The van der Waals surface area contributed by atoms with Crippen LogP contribution in [0.4, 0.5) is 0 Å². The lowest BCUT2D eigenvalue weighted by molar-refractivity contribution is -0.127. The zero-order valence-electron chi connectivity index (χ0n) is 15.4. The Labute approximate surface area is 156 Å². The maximum absolute atomic E-state index is 12.9. The van der Waals surface area contributed by atoms with Crippen LogP contribution >= 0.6 is 0 Å². The third-order valence-electron chi connectivity index (χ3n) is 5.07. The first kappa shape index (κ1) is 17.1. The molecule has 0 saturated heterocycles. The normalized spacial score (nSPS) is 12.4. The number of likely N-dealkylation sites (N-methyl/N-ethyl adjacent to an activating group) is 1. The number of nitrogens with zero attached hydrogens (tertiary/aromatic N) is 1. The Balaban J connectivity index is 1.64. The molecule has 0 bridgehead atoms. The number of hydrogen-bond acceptors (Lipinski definition) is 3. The van der Waals surface area contributed by atoms with Gasteiger partial charge in [0.2, 0.25) is 0 Å². The molecule has 1 N–H and O–H groups in total. The third-order valence-corrected chi connectivity index (χ3v) is 5.07. The van der Waals surface area contributed by atoms with Gasteiger partial charge in [-0.2, -0.15) is 0 Å². The Morgan fingerprint density at radius 2 is 1.78 bits per heavy atom. The molecule has 1 unspecified atom stereocenters. The van der Waals surface area contributed by atoms with Crippen molar-refractivity contribution < 1.29 is 14.0 Å². The van der Waals surface area contributed by atoms with E-state index >= 15 is 0 Å². The summed E-state index contributed by atoms with van der Waals surface area (Å²) in [6.07, 6.45) is 0. The van der Waals surface area contributed by atoms with Gasteiger partial charge in [-0.1, -0.05) is 36.4 Å². The van der Waals surface area contributed by atoms with Crippen LogP contribution in [0.15, 0.2) is 59.0 Å². The first-order valence-corrected chi connectivity index (χ1v) is 8.84. The number of furan rings is 1. The highest BCUT2D eigenvalue weighted by Crippen LogP contribution is 2.28. The van der Waals surface area contributed by atoms with E-state index in [0.29, 0.717) is 17.0 Å². The summed E-state index contributed by atoms with van der Waals surface area (Å²) in [6.45, 7) is 3.66. The number of nitrogens with one attached hydrogen (secondary N) is 1. The number of H-pyrrole nitrogens is 1. The molecular weight excluding hydrogens is 340 g/mol. The van der Waals surface area contributed by atoms with Gasteiger partial charge >= 0.3 is 0 Å². The number of amides is 1. The minimum Gasteiger partial charge on any atom is -0.459 e. The highest BCUT2D eigenvalue weighted by atomic mass is 16.3. The number of benzene rings is 2. The first-order chi connectivity index (χ1) is 13.0. The molecule has 5 heteroatoms. The fourth-order valence-electron chi connectivity index (χ4n) is 3.41. The summed E-state index contributed by atoms with van der Waals surface area (Å²) < 4.78 is 5.85. The molecule has 0 aliphatic rings. The van der Waals surface area contributed by atoms with Crippen LogP contribution in [0.3, 0.4) is 0 Å². The van der Waals surface area contributed by atoms with Crippen LogP contribution in [-0.4, -0.2) is 28.6 Å². The van der Waals surface area contributed by atoms with Crippen LogP contribution in [0.2, 0.25) is 0 Å². The number of rotatable bonds is 4. The Morgan fingerprint density at radius 3 is 2.56 bits per heavy atom. The molecule has 4 aromatic rings. The Bertz CT molecular complexity index is 1140. The zero-order valence-corrected chi connectivity index (χ0v) is 15.4. The Hall–Kier alpha value is -3.34. The van der Waals surface area contributed by atoms with Crippen LogP contribution < -0.4 is 0 Å². The summed E-state index contributed by atoms with van der Waals surface area (Å²) in [7, 11) is 1.63. The van der Waals surface area contributed by atoms with Gasteiger partial charge in [-0.15, -0.1) is 0 Å². The van der Waals surface area contributed by atoms with Gasteiger partial charge in [0.1, 0.15) is 11.3 Å². The van der Waals surface area contributed by atoms with E-state index in [1.807, 2.05) is 68.4 Å². The number of fused-ring (bicyclic) bond motifs is 2. The first-order valence-electron chi connectivity index (χ1n) is 8.84. The average molecular weight is 360 g/mol. The molecule has 2 aromatic carbocycles. The molecule has 4 rings (SSSR count). The number of aromatic nitrogens is 1. The molecule has 27 heavy (non-hydrogen) atoms. The number of aromatic amines is 1. The topological polar surface area (TPSA) is 66.3 Å². The van der Waals surface area contributed by atoms with Gasteiger partial charge in [0, 0.05) is 29.0 Å². The van der Waals surface area contributed by atoms with Crippen molar-refractivity contribution in [2.45, 2.75) is 19.9 Å². The maximum Gasteiger partial charge on any atom is 0.295 e. The molecular formula is C22H20N2O3. The molecule has 0 spiro atoms. The van der Waals surface area contributed by atoms with Crippen molar-refractivity contribution in [3.8, 4) is 0 Å². The summed E-state index contributed by atoms with van der Waals surface area (Å²) in [6, 6.07) is 16.7. The van der Waals surface area contributed by atoms with Crippen molar-refractivity contribution in [2.24, 2.45) is 0 Å². The van der Waals surface area contributed by atoms with Crippen LogP contribution in [0.5, 0.6) is 0 Å². The van der Waals surface area contributed by atoms with E-state index in [-0.39, 0.29) is 6.04 Å². The standard InChI is InChI=1S/C22H20N2O3/c1-13-20(16-9-5-6-10-17(16)23-13)21(25)22(26)24(3)14(2)19-12-15-8-4-7-11-18(15)27-19/h4-12,14,23H,1-3H3. The van der Waals surface area contributed by atoms with Crippen LogP contribution in [-0.2, 0) is 4.79 Å². The minimum absolute atomic E-state index is 0.362. The molecule has 0 radical (unpaired) electrons. The van der Waals surface area contributed by atoms with E-state index in [1.165, 1.54) is 4.90 Å². The highest BCUT2D eigenvalue weighted by molar-refractivity contribution is 6.45. The molecule has 0 saturated carbocycles. The van der Waals surface area contributed by atoms with E-state index in [1.54, 1.807) is 7.05 Å². The minimum atomic E-state index is -0.559. The fourth-order valence-corrected chi connectivity index (χ4v) is 3.41.